The SMILES string of the molecule is CC(C)C(Nc1cc(C(F)(F)F)cc(C(F)(F)F)c1)C(=O)O. The second-order valence-corrected chi connectivity index (χ2v) is 5.00. The van der Waals surface area contributed by atoms with Crippen molar-refractivity contribution >= 4 is 11.7 Å². The predicted molar refractivity (Wildman–Crippen MR) is 66.3 cm³/mol. The molecule has 0 heterocycles. The van der Waals surface area contributed by atoms with Gasteiger partial charge in [-0.15, -0.1) is 0 Å². The first-order chi connectivity index (χ1) is 9.82. The average Bonchev–Trinajstić information content (AvgIpc) is 2.32. The highest BCUT2D eigenvalue weighted by atomic mass is 19.4. The summed E-state index contributed by atoms with van der Waals surface area (Å²) in [5.41, 5.74) is -3.56. The minimum atomic E-state index is -4.98. The smallest absolute Gasteiger partial charge is 0.416 e. The number of benzene rings is 1. The molecule has 0 aliphatic carbocycles. The van der Waals surface area contributed by atoms with E-state index in [4.69, 9.17) is 5.11 Å². The monoisotopic (exact) mass is 329 g/mol. The average molecular weight is 329 g/mol. The summed E-state index contributed by atoms with van der Waals surface area (Å²) in [5, 5.41) is 11.2. The van der Waals surface area contributed by atoms with Crippen LogP contribution in [0, 0.1) is 5.92 Å². The van der Waals surface area contributed by atoms with Crippen molar-refractivity contribution in [1.82, 2.24) is 0 Å². The first-order valence-corrected chi connectivity index (χ1v) is 6.11. The Balaban J connectivity index is 3.32. The second-order valence-electron chi connectivity index (χ2n) is 5.00. The van der Waals surface area contributed by atoms with Crippen LogP contribution in [0.3, 0.4) is 0 Å². The molecular formula is C13H13F6NO2. The number of halogens is 6. The third kappa shape index (κ3) is 4.54. The van der Waals surface area contributed by atoms with Crippen molar-refractivity contribution in [3.63, 3.8) is 0 Å². The molecule has 0 amide bonds. The summed E-state index contributed by atoms with van der Waals surface area (Å²) in [6.07, 6.45) is -9.96. The Bertz CT molecular complexity index is 518. The number of hydrogen-bond donors (Lipinski definition) is 2. The Morgan fingerprint density at radius 1 is 1.00 bits per heavy atom. The summed E-state index contributed by atoms with van der Waals surface area (Å²) >= 11 is 0. The largest absolute Gasteiger partial charge is 0.480 e. The van der Waals surface area contributed by atoms with Crippen LogP contribution >= 0.6 is 0 Å². The van der Waals surface area contributed by atoms with E-state index in [2.05, 4.69) is 5.32 Å². The molecule has 1 rings (SSSR count). The van der Waals surface area contributed by atoms with Gasteiger partial charge in [-0.05, 0) is 24.1 Å². The van der Waals surface area contributed by atoms with E-state index in [0.29, 0.717) is 12.1 Å². The first-order valence-electron chi connectivity index (χ1n) is 6.11. The lowest BCUT2D eigenvalue weighted by Crippen LogP contribution is -2.34. The lowest BCUT2D eigenvalue weighted by Gasteiger charge is -2.21. The summed E-state index contributed by atoms with van der Waals surface area (Å²) in [6, 6.07) is -0.429. The number of nitrogens with one attached hydrogen (secondary N) is 1. The van der Waals surface area contributed by atoms with E-state index in [-0.39, 0.29) is 6.07 Å². The topological polar surface area (TPSA) is 49.3 Å². The van der Waals surface area contributed by atoms with Crippen molar-refractivity contribution in [1.29, 1.82) is 0 Å². The fourth-order valence-corrected chi connectivity index (χ4v) is 1.73. The molecule has 0 aromatic heterocycles. The van der Waals surface area contributed by atoms with Gasteiger partial charge in [0.2, 0.25) is 0 Å². The molecule has 124 valence electrons. The minimum absolute atomic E-state index is 0.0175. The van der Waals surface area contributed by atoms with Gasteiger partial charge in [-0.25, -0.2) is 4.79 Å². The molecule has 0 spiro atoms. The van der Waals surface area contributed by atoms with Gasteiger partial charge in [0.05, 0.1) is 11.1 Å². The standard InChI is InChI=1S/C13H13F6NO2/c1-6(2)10(11(21)22)20-9-4-7(12(14,15)16)3-8(5-9)13(17,18)19/h3-6,10,20H,1-2H3,(H,21,22). The van der Waals surface area contributed by atoms with Gasteiger partial charge in [-0.2, -0.15) is 26.3 Å². The van der Waals surface area contributed by atoms with E-state index in [1.54, 1.807) is 0 Å². The van der Waals surface area contributed by atoms with E-state index < -0.39 is 47.1 Å². The van der Waals surface area contributed by atoms with Crippen molar-refractivity contribution < 1.29 is 36.2 Å². The number of aliphatic carboxylic acids is 1. The molecule has 1 aromatic carbocycles. The number of rotatable bonds is 4. The van der Waals surface area contributed by atoms with Crippen molar-refractivity contribution in [2.45, 2.75) is 32.2 Å². The van der Waals surface area contributed by atoms with Gasteiger partial charge in [0.25, 0.3) is 0 Å². The molecule has 3 nitrogen and oxygen atoms in total. The zero-order valence-corrected chi connectivity index (χ0v) is 11.5. The maximum absolute atomic E-state index is 12.7. The van der Waals surface area contributed by atoms with Crippen molar-refractivity contribution in [2.75, 3.05) is 5.32 Å². The Morgan fingerprint density at radius 2 is 1.41 bits per heavy atom. The quantitative estimate of drug-likeness (QED) is 0.812. The fraction of sp³-hybridized carbons (Fsp3) is 0.462. The summed E-state index contributed by atoms with van der Waals surface area (Å²) in [5.74, 6) is -1.91. The zero-order chi connectivity index (χ0) is 17.3. The minimum Gasteiger partial charge on any atom is -0.480 e. The number of anilines is 1. The van der Waals surface area contributed by atoms with E-state index in [0.717, 1.165) is 0 Å². The summed E-state index contributed by atoms with van der Waals surface area (Å²) in [6.45, 7) is 2.95. The van der Waals surface area contributed by atoms with Crippen LogP contribution in [-0.4, -0.2) is 17.1 Å². The van der Waals surface area contributed by atoms with Gasteiger partial charge in [0, 0.05) is 5.69 Å². The number of alkyl halides is 6. The van der Waals surface area contributed by atoms with Crippen molar-refractivity contribution in [2.24, 2.45) is 5.92 Å². The summed E-state index contributed by atoms with van der Waals surface area (Å²) in [4.78, 5) is 11.0. The van der Waals surface area contributed by atoms with Gasteiger partial charge >= 0.3 is 18.3 Å². The normalized spacial score (nSPS) is 14.0. The molecule has 0 bridgehead atoms. The van der Waals surface area contributed by atoms with Crippen LogP contribution < -0.4 is 5.32 Å². The molecule has 1 aromatic rings. The number of carboxylic acids is 1. The third-order valence-electron chi connectivity index (χ3n) is 2.84. The van der Waals surface area contributed by atoms with Gasteiger partial charge in [-0.3, -0.25) is 0 Å². The summed E-state index contributed by atoms with van der Waals surface area (Å²) < 4.78 is 76.1. The first kappa shape index (κ1) is 18.1. The maximum Gasteiger partial charge on any atom is 0.416 e. The van der Waals surface area contributed by atoms with Crippen LogP contribution in [-0.2, 0) is 17.1 Å². The van der Waals surface area contributed by atoms with Crippen LogP contribution in [0.15, 0.2) is 18.2 Å². The lowest BCUT2D eigenvalue weighted by atomic mass is 10.0. The number of carbonyl (C=O) groups is 1. The molecule has 0 fully saturated rings. The van der Waals surface area contributed by atoms with Crippen molar-refractivity contribution in [3.05, 3.63) is 29.3 Å². The highest BCUT2D eigenvalue weighted by Gasteiger charge is 2.37. The lowest BCUT2D eigenvalue weighted by molar-refractivity contribution is -0.143. The van der Waals surface area contributed by atoms with Crippen LogP contribution in [0.2, 0.25) is 0 Å². The third-order valence-corrected chi connectivity index (χ3v) is 2.84. The van der Waals surface area contributed by atoms with E-state index >= 15 is 0 Å². The molecule has 0 saturated heterocycles. The Morgan fingerprint density at radius 3 is 1.68 bits per heavy atom. The van der Waals surface area contributed by atoms with E-state index in [9.17, 15) is 31.1 Å². The summed E-state index contributed by atoms with van der Waals surface area (Å²) in [7, 11) is 0. The molecule has 0 aliphatic heterocycles. The molecule has 0 aliphatic rings. The predicted octanol–water partition coefficient (Wildman–Crippen LogP) is 4.25. The molecule has 9 heteroatoms. The van der Waals surface area contributed by atoms with Crippen LogP contribution in [0.4, 0.5) is 32.0 Å². The molecule has 0 radical (unpaired) electrons. The molecule has 1 atom stereocenters. The number of hydrogen-bond acceptors (Lipinski definition) is 2. The Kier molecular flexibility index (Phi) is 4.99. The zero-order valence-electron chi connectivity index (χ0n) is 11.5. The number of carboxylic acid groups (broad SMARTS) is 1. The molecule has 22 heavy (non-hydrogen) atoms. The molecule has 1 unspecified atom stereocenters. The Hall–Kier alpha value is -1.93. The van der Waals surface area contributed by atoms with Gasteiger partial charge in [-0.1, -0.05) is 13.8 Å². The molecule has 0 saturated carbocycles. The van der Waals surface area contributed by atoms with Gasteiger partial charge in [0.1, 0.15) is 6.04 Å². The van der Waals surface area contributed by atoms with Crippen LogP contribution in [0.25, 0.3) is 0 Å². The molecular weight excluding hydrogens is 316 g/mol. The molecule has 2 N–H and O–H groups in total. The van der Waals surface area contributed by atoms with Crippen molar-refractivity contribution in [3.8, 4) is 0 Å². The van der Waals surface area contributed by atoms with Gasteiger partial charge < -0.3 is 10.4 Å². The van der Waals surface area contributed by atoms with Crippen LogP contribution in [0.1, 0.15) is 25.0 Å². The highest BCUT2D eigenvalue weighted by Crippen LogP contribution is 2.37. The maximum atomic E-state index is 12.7. The Labute approximate surface area is 121 Å². The highest BCUT2D eigenvalue weighted by molar-refractivity contribution is 5.77. The van der Waals surface area contributed by atoms with E-state index in [1.807, 2.05) is 0 Å². The fourth-order valence-electron chi connectivity index (χ4n) is 1.73. The van der Waals surface area contributed by atoms with Gasteiger partial charge in [0.15, 0.2) is 0 Å². The van der Waals surface area contributed by atoms with E-state index in [1.165, 1.54) is 13.8 Å². The van der Waals surface area contributed by atoms with Crippen LogP contribution in [0.5, 0.6) is 0 Å². The second kappa shape index (κ2) is 6.05.